The molecule has 17 heavy (non-hydrogen) atoms. The number of anilines is 2. The summed E-state index contributed by atoms with van der Waals surface area (Å²) in [5.41, 5.74) is 6.12. The van der Waals surface area contributed by atoms with Crippen LogP contribution < -0.4 is 21.5 Å². The topological polar surface area (TPSA) is 127 Å². The summed E-state index contributed by atoms with van der Waals surface area (Å²) in [7, 11) is -2.30. The van der Waals surface area contributed by atoms with Crippen molar-refractivity contribution in [3.63, 3.8) is 0 Å². The molecule has 0 aliphatic heterocycles. The van der Waals surface area contributed by atoms with Crippen LogP contribution in [-0.4, -0.2) is 27.9 Å². The van der Waals surface area contributed by atoms with Crippen LogP contribution in [0.25, 0.3) is 0 Å². The maximum absolute atomic E-state index is 11.1. The Morgan fingerprint density at radius 1 is 1.41 bits per heavy atom. The van der Waals surface area contributed by atoms with Gasteiger partial charge in [-0.2, -0.15) is 0 Å². The van der Waals surface area contributed by atoms with Gasteiger partial charge in [0.15, 0.2) is 0 Å². The lowest BCUT2D eigenvalue weighted by Crippen LogP contribution is -2.26. The molecule has 0 atom stereocenters. The third kappa shape index (κ3) is 3.61. The number of carbonyl (C=O) groups excluding carboxylic acids is 1. The molecule has 1 aromatic carbocycles. The second kappa shape index (κ2) is 5.02. The summed E-state index contributed by atoms with van der Waals surface area (Å²) >= 11 is 0. The molecule has 8 heteroatoms. The van der Waals surface area contributed by atoms with Crippen molar-refractivity contribution in [2.45, 2.75) is 4.90 Å². The van der Waals surface area contributed by atoms with Gasteiger partial charge in [-0.05, 0) is 18.2 Å². The first kappa shape index (κ1) is 13.3. The Labute approximate surface area is 99.2 Å². The van der Waals surface area contributed by atoms with Crippen LogP contribution in [0.4, 0.5) is 11.4 Å². The molecule has 0 fully saturated rings. The quantitative estimate of drug-likeness (QED) is 0.519. The van der Waals surface area contributed by atoms with Crippen molar-refractivity contribution in [3.05, 3.63) is 18.2 Å². The highest BCUT2D eigenvalue weighted by Crippen LogP contribution is 2.20. The molecular weight excluding hydrogens is 244 g/mol. The second-order valence-corrected chi connectivity index (χ2v) is 4.85. The summed E-state index contributed by atoms with van der Waals surface area (Å²) in [6.07, 6.45) is 0. The largest absolute Gasteiger partial charge is 0.398 e. The predicted octanol–water partition coefficient (Wildman–Crippen LogP) is -0.926. The van der Waals surface area contributed by atoms with E-state index >= 15 is 0 Å². The van der Waals surface area contributed by atoms with E-state index in [1.54, 1.807) is 0 Å². The molecule has 94 valence electrons. The molecule has 0 aromatic heterocycles. The van der Waals surface area contributed by atoms with Gasteiger partial charge in [-0.1, -0.05) is 0 Å². The van der Waals surface area contributed by atoms with Crippen LogP contribution in [0.2, 0.25) is 0 Å². The SMILES string of the molecule is CNC(=O)CNc1ccc(S(N)(=O)=O)c(N)c1. The fraction of sp³-hybridized carbons (Fsp3) is 0.222. The Kier molecular flexibility index (Phi) is 3.92. The van der Waals surface area contributed by atoms with Gasteiger partial charge in [0, 0.05) is 12.7 Å². The maximum Gasteiger partial charge on any atom is 0.240 e. The minimum Gasteiger partial charge on any atom is -0.398 e. The van der Waals surface area contributed by atoms with E-state index in [2.05, 4.69) is 10.6 Å². The van der Waals surface area contributed by atoms with E-state index in [0.717, 1.165) is 0 Å². The lowest BCUT2D eigenvalue weighted by molar-refractivity contribution is -0.118. The number of primary sulfonamides is 1. The van der Waals surface area contributed by atoms with Crippen molar-refractivity contribution >= 4 is 27.3 Å². The van der Waals surface area contributed by atoms with Crippen LogP contribution >= 0.6 is 0 Å². The first-order valence-corrected chi connectivity index (χ1v) is 6.26. The van der Waals surface area contributed by atoms with Crippen LogP contribution in [0.3, 0.4) is 0 Å². The Hall–Kier alpha value is -1.80. The van der Waals surface area contributed by atoms with E-state index in [0.29, 0.717) is 5.69 Å². The molecule has 1 rings (SSSR count). The summed E-state index contributed by atoms with van der Waals surface area (Å²) in [5.74, 6) is -0.195. The number of rotatable bonds is 4. The molecule has 0 aliphatic carbocycles. The lowest BCUT2D eigenvalue weighted by Gasteiger charge is -2.08. The van der Waals surface area contributed by atoms with Crippen LogP contribution in [0.1, 0.15) is 0 Å². The number of carbonyl (C=O) groups is 1. The smallest absolute Gasteiger partial charge is 0.240 e. The van der Waals surface area contributed by atoms with Crippen molar-refractivity contribution in [2.75, 3.05) is 24.6 Å². The van der Waals surface area contributed by atoms with E-state index in [-0.39, 0.29) is 23.0 Å². The Morgan fingerprint density at radius 2 is 2.06 bits per heavy atom. The van der Waals surface area contributed by atoms with Crippen LogP contribution in [0, 0.1) is 0 Å². The first-order chi connectivity index (χ1) is 7.84. The fourth-order valence-electron chi connectivity index (χ4n) is 1.19. The predicted molar refractivity (Wildman–Crippen MR) is 64.8 cm³/mol. The summed E-state index contributed by atoms with van der Waals surface area (Å²) in [6.45, 7) is 0.0741. The minimum absolute atomic E-state index is 0.0365. The standard InChI is InChI=1S/C9H14N4O3S/c1-12-9(14)5-13-6-2-3-8(7(10)4-6)17(11,15)16/h2-4,13H,5,10H2,1H3,(H,12,14)(H2,11,15,16). The zero-order valence-corrected chi connectivity index (χ0v) is 10.0. The van der Waals surface area contributed by atoms with Gasteiger partial charge in [0.1, 0.15) is 4.90 Å². The normalized spacial score (nSPS) is 10.9. The Morgan fingerprint density at radius 3 is 2.53 bits per heavy atom. The first-order valence-electron chi connectivity index (χ1n) is 4.71. The van der Waals surface area contributed by atoms with Crippen LogP contribution in [0.5, 0.6) is 0 Å². The summed E-state index contributed by atoms with van der Waals surface area (Å²) < 4.78 is 22.2. The van der Waals surface area contributed by atoms with Crippen molar-refractivity contribution in [1.29, 1.82) is 0 Å². The van der Waals surface area contributed by atoms with E-state index in [4.69, 9.17) is 10.9 Å². The van der Waals surface area contributed by atoms with E-state index in [1.807, 2.05) is 0 Å². The molecule has 0 aliphatic rings. The molecule has 0 saturated carbocycles. The highest BCUT2D eigenvalue weighted by molar-refractivity contribution is 7.89. The molecule has 0 unspecified atom stereocenters. The number of benzene rings is 1. The zero-order valence-electron chi connectivity index (χ0n) is 9.23. The number of nitrogens with one attached hydrogen (secondary N) is 2. The number of likely N-dealkylation sites (N-methyl/N-ethyl adjacent to an activating group) is 1. The van der Waals surface area contributed by atoms with Gasteiger partial charge >= 0.3 is 0 Å². The number of hydrogen-bond acceptors (Lipinski definition) is 5. The van der Waals surface area contributed by atoms with Gasteiger partial charge in [-0.25, -0.2) is 13.6 Å². The van der Waals surface area contributed by atoms with Gasteiger partial charge in [0.05, 0.1) is 12.2 Å². The van der Waals surface area contributed by atoms with Crippen molar-refractivity contribution in [1.82, 2.24) is 5.32 Å². The van der Waals surface area contributed by atoms with Crippen molar-refractivity contribution in [3.8, 4) is 0 Å². The summed E-state index contributed by atoms with van der Waals surface area (Å²) in [5, 5.41) is 10.2. The third-order valence-electron chi connectivity index (χ3n) is 2.05. The number of hydrogen-bond donors (Lipinski definition) is 4. The number of nitrogens with two attached hydrogens (primary N) is 2. The molecule has 0 bridgehead atoms. The van der Waals surface area contributed by atoms with Crippen LogP contribution in [-0.2, 0) is 14.8 Å². The van der Waals surface area contributed by atoms with Crippen molar-refractivity contribution < 1.29 is 13.2 Å². The third-order valence-corrected chi connectivity index (χ3v) is 3.03. The van der Waals surface area contributed by atoms with Gasteiger partial charge in [0.25, 0.3) is 0 Å². The molecule has 0 radical (unpaired) electrons. The van der Waals surface area contributed by atoms with Crippen LogP contribution in [0.15, 0.2) is 23.1 Å². The van der Waals surface area contributed by atoms with Gasteiger partial charge < -0.3 is 16.4 Å². The summed E-state index contributed by atoms with van der Waals surface area (Å²) in [4.78, 5) is 10.8. The lowest BCUT2D eigenvalue weighted by atomic mass is 10.3. The minimum atomic E-state index is -3.82. The molecule has 7 nitrogen and oxygen atoms in total. The second-order valence-electron chi connectivity index (χ2n) is 3.32. The Balaban J connectivity index is 2.87. The fourth-order valence-corrected chi connectivity index (χ4v) is 1.83. The number of nitrogen functional groups attached to an aromatic ring is 1. The molecule has 0 spiro atoms. The van der Waals surface area contributed by atoms with Gasteiger partial charge in [-0.3, -0.25) is 4.79 Å². The monoisotopic (exact) mass is 258 g/mol. The highest BCUT2D eigenvalue weighted by atomic mass is 32.2. The number of sulfonamides is 1. The molecule has 1 amide bonds. The zero-order chi connectivity index (χ0) is 13.1. The molecule has 0 saturated heterocycles. The maximum atomic E-state index is 11.1. The Bertz CT molecular complexity index is 527. The molecular formula is C9H14N4O3S. The van der Waals surface area contributed by atoms with E-state index in [1.165, 1.54) is 25.2 Å². The summed E-state index contributed by atoms with van der Waals surface area (Å²) in [6, 6.07) is 4.18. The number of amides is 1. The van der Waals surface area contributed by atoms with Gasteiger partial charge in [-0.15, -0.1) is 0 Å². The highest BCUT2D eigenvalue weighted by Gasteiger charge is 2.12. The van der Waals surface area contributed by atoms with E-state index in [9.17, 15) is 13.2 Å². The van der Waals surface area contributed by atoms with E-state index < -0.39 is 10.0 Å². The average molecular weight is 258 g/mol. The average Bonchev–Trinajstić information content (AvgIpc) is 2.24. The molecule has 0 heterocycles. The molecule has 6 N–H and O–H groups in total. The van der Waals surface area contributed by atoms with Crippen molar-refractivity contribution in [2.24, 2.45) is 5.14 Å². The van der Waals surface area contributed by atoms with Gasteiger partial charge in [0.2, 0.25) is 15.9 Å². The molecule has 1 aromatic rings.